The first-order chi connectivity index (χ1) is 13.3. The number of benzene rings is 2. The predicted molar refractivity (Wildman–Crippen MR) is 110 cm³/mol. The van der Waals surface area contributed by atoms with Crippen molar-refractivity contribution >= 4 is 34.4 Å². The van der Waals surface area contributed by atoms with Crippen molar-refractivity contribution in [3.05, 3.63) is 81.4 Å². The standard InChI is InChI=1S/C19H18FN5O2S/c1-12-18(13(2)24(23-12)11-14-5-3-6-15(20)9-14)22-19(28)21-16-7-4-8-17(10-16)25(26)27/h3-10H,11H2,1-2H3,(H2,21,22,28). The summed E-state index contributed by atoms with van der Waals surface area (Å²) in [5.41, 5.74) is 3.59. The maximum atomic E-state index is 13.4. The molecule has 3 aromatic rings. The molecule has 28 heavy (non-hydrogen) atoms. The Kier molecular flexibility index (Phi) is 5.65. The Bertz CT molecular complexity index is 1050. The van der Waals surface area contributed by atoms with E-state index in [1.165, 1.54) is 24.3 Å². The van der Waals surface area contributed by atoms with Gasteiger partial charge in [0.15, 0.2) is 5.11 Å². The zero-order chi connectivity index (χ0) is 20.3. The van der Waals surface area contributed by atoms with Gasteiger partial charge in [0.1, 0.15) is 5.82 Å². The number of nitrogens with zero attached hydrogens (tertiary/aromatic N) is 3. The smallest absolute Gasteiger partial charge is 0.271 e. The number of halogens is 1. The minimum absolute atomic E-state index is 0.0249. The lowest BCUT2D eigenvalue weighted by Crippen LogP contribution is -2.20. The van der Waals surface area contributed by atoms with Crippen LogP contribution in [0.25, 0.3) is 0 Å². The fourth-order valence-corrected chi connectivity index (χ4v) is 3.03. The van der Waals surface area contributed by atoms with Crippen LogP contribution in [-0.4, -0.2) is 19.8 Å². The van der Waals surface area contributed by atoms with Gasteiger partial charge in [-0.25, -0.2) is 4.39 Å². The third-order valence-electron chi connectivity index (χ3n) is 4.16. The van der Waals surface area contributed by atoms with E-state index in [9.17, 15) is 14.5 Å². The Hall–Kier alpha value is -3.33. The maximum absolute atomic E-state index is 13.4. The Labute approximate surface area is 166 Å². The molecule has 0 fully saturated rings. The minimum Gasteiger partial charge on any atom is -0.332 e. The molecule has 0 atom stereocenters. The third kappa shape index (κ3) is 4.49. The summed E-state index contributed by atoms with van der Waals surface area (Å²) >= 11 is 5.32. The van der Waals surface area contributed by atoms with Crippen molar-refractivity contribution in [1.82, 2.24) is 9.78 Å². The number of rotatable bonds is 5. The number of thiocarbonyl (C=S) groups is 1. The van der Waals surface area contributed by atoms with Crippen LogP contribution in [0.5, 0.6) is 0 Å². The van der Waals surface area contributed by atoms with Gasteiger partial charge in [-0.1, -0.05) is 18.2 Å². The number of aromatic nitrogens is 2. The van der Waals surface area contributed by atoms with Crippen molar-refractivity contribution in [1.29, 1.82) is 0 Å². The highest BCUT2D eigenvalue weighted by Gasteiger charge is 2.14. The summed E-state index contributed by atoms with van der Waals surface area (Å²) in [5.74, 6) is -0.292. The van der Waals surface area contributed by atoms with Crippen molar-refractivity contribution in [2.24, 2.45) is 0 Å². The van der Waals surface area contributed by atoms with E-state index in [1.807, 2.05) is 19.9 Å². The summed E-state index contributed by atoms with van der Waals surface area (Å²) in [6.07, 6.45) is 0. The van der Waals surface area contributed by atoms with Crippen molar-refractivity contribution < 1.29 is 9.31 Å². The van der Waals surface area contributed by atoms with E-state index in [0.717, 1.165) is 22.6 Å². The highest BCUT2D eigenvalue weighted by Crippen LogP contribution is 2.22. The Morgan fingerprint density at radius 3 is 2.68 bits per heavy atom. The molecule has 0 radical (unpaired) electrons. The number of nitrogens with one attached hydrogen (secondary N) is 2. The molecule has 9 heteroatoms. The number of nitro groups is 1. The second-order valence-corrected chi connectivity index (χ2v) is 6.63. The molecule has 0 saturated heterocycles. The van der Waals surface area contributed by atoms with Crippen molar-refractivity contribution in [3.63, 3.8) is 0 Å². The molecule has 144 valence electrons. The largest absolute Gasteiger partial charge is 0.332 e. The third-order valence-corrected chi connectivity index (χ3v) is 4.36. The van der Waals surface area contributed by atoms with Crippen LogP contribution >= 0.6 is 12.2 Å². The fourth-order valence-electron chi connectivity index (χ4n) is 2.81. The van der Waals surface area contributed by atoms with Gasteiger partial charge in [0, 0.05) is 17.8 Å². The summed E-state index contributed by atoms with van der Waals surface area (Å²) in [7, 11) is 0. The number of non-ortho nitro benzene ring substituents is 1. The number of aryl methyl sites for hydroxylation is 1. The van der Waals surface area contributed by atoms with E-state index in [1.54, 1.807) is 22.9 Å². The highest BCUT2D eigenvalue weighted by molar-refractivity contribution is 7.80. The Balaban J connectivity index is 1.73. The van der Waals surface area contributed by atoms with Crippen molar-refractivity contribution in [2.45, 2.75) is 20.4 Å². The molecule has 0 bridgehead atoms. The average molecular weight is 399 g/mol. The molecule has 3 rings (SSSR count). The van der Waals surface area contributed by atoms with Gasteiger partial charge in [-0.05, 0) is 49.8 Å². The monoisotopic (exact) mass is 399 g/mol. The topological polar surface area (TPSA) is 85.0 Å². The van der Waals surface area contributed by atoms with Crippen LogP contribution in [0.15, 0.2) is 48.5 Å². The normalized spacial score (nSPS) is 10.5. The van der Waals surface area contributed by atoms with E-state index in [2.05, 4.69) is 15.7 Å². The van der Waals surface area contributed by atoms with Crippen molar-refractivity contribution in [3.8, 4) is 0 Å². The second-order valence-electron chi connectivity index (χ2n) is 6.22. The molecule has 0 amide bonds. The van der Waals surface area contributed by atoms with E-state index < -0.39 is 4.92 Å². The van der Waals surface area contributed by atoms with Gasteiger partial charge in [-0.15, -0.1) is 0 Å². The molecule has 0 aliphatic rings. The van der Waals surface area contributed by atoms with Gasteiger partial charge in [-0.3, -0.25) is 14.8 Å². The van der Waals surface area contributed by atoms with Crippen molar-refractivity contribution in [2.75, 3.05) is 10.6 Å². The number of hydrogen-bond acceptors (Lipinski definition) is 4. The molecule has 1 heterocycles. The van der Waals surface area contributed by atoms with E-state index in [-0.39, 0.29) is 16.6 Å². The predicted octanol–water partition coefficient (Wildman–Crippen LogP) is 4.40. The lowest BCUT2D eigenvalue weighted by molar-refractivity contribution is -0.384. The SMILES string of the molecule is Cc1nn(Cc2cccc(F)c2)c(C)c1NC(=S)Nc1cccc([N+](=O)[O-])c1. The second kappa shape index (κ2) is 8.13. The van der Waals surface area contributed by atoms with Crippen LogP contribution in [0.2, 0.25) is 0 Å². The van der Waals surface area contributed by atoms with Crippen LogP contribution < -0.4 is 10.6 Å². The summed E-state index contributed by atoms with van der Waals surface area (Å²) < 4.78 is 15.2. The van der Waals surface area contributed by atoms with Crippen LogP contribution in [0.1, 0.15) is 17.0 Å². The summed E-state index contributed by atoms with van der Waals surface area (Å²) in [4.78, 5) is 10.4. The molecule has 2 N–H and O–H groups in total. The molecule has 1 aromatic heterocycles. The zero-order valence-electron chi connectivity index (χ0n) is 15.3. The fraction of sp³-hybridized carbons (Fsp3) is 0.158. The minimum atomic E-state index is -0.466. The Morgan fingerprint density at radius 2 is 1.96 bits per heavy atom. The number of nitro benzene ring substituents is 1. The maximum Gasteiger partial charge on any atom is 0.271 e. The van der Waals surface area contributed by atoms with E-state index >= 15 is 0 Å². The Morgan fingerprint density at radius 1 is 1.21 bits per heavy atom. The average Bonchev–Trinajstić information content (AvgIpc) is 2.89. The van der Waals surface area contributed by atoms with Gasteiger partial charge >= 0.3 is 0 Å². The van der Waals surface area contributed by atoms with Gasteiger partial charge in [0.25, 0.3) is 5.69 Å². The van der Waals surface area contributed by atoms with Crippen LogP contribution in [0, 0.1) is 29.8 Å². The van der Waals surface area contributed by atoms with Gasteiger partial charge in [0.05, 0.1) is 28.5 Å². The first-order valence-corrected chi connectivity index (χ1v) is 8.85. The lowest BCUT2D eigenvalue weighted by Gasteiger charge is -2.11. The molecule has 7 nitrogen and oxygen atoms in total. The van der Waals surface area contributed by atoms with Crippen LogP contribution in [0.4, 0.5) is 21.5 Å². The first kappa shape index (κ1) is 19.4. The number of hydrogen-bond donors (Lipinski definition) is 2. The highest BCUT2D eigenvalue weighted by atomic mass is 32.1. The van der Waals surface area contributed by atoms with E-state index in [0.29, 0.717) is 12.2 Å². The molecule has 2 aromatic carbocycles. The molecule has 0 unspecified atom stereocenters. The van der Waals surface area contributed by atoms with Gasteiger partial charge in [0.2, 0.25) is 0 Å². The molecule has 0 aliphatic carbocycles. The summed E-state index contributed by atoms with van der Waals surface area (Å²) in [6, 6.07) is 12.4. The lowest BCUT2D eigenvalue weighted by atomic mass is 10.2. The summed E-state index contributed by atoms with van der Waals surface area (Å²) in [5, 5.41) is 21.7. The number of anilines is 2. The molecular formula is C19H18FN5O2S. The van der Waals surface area contributed by atoms with Gasteiger partial charge < -0.3 is 10.6 Å². The molecule has 0 aliphatic heterocycles. The van der Waals surface area contributed by atoms with Gasteiger partial charge in [-0.2, -0.15) is 5.10 Å². The van der Waals surface area contributed by atoms with E-state index in [4.69, 9.17) is 12.2 Å². The zero-order valence-corrected chi connectivity index (χ0v) is 16.1. The first-order valence-electron chi connectivity index (χ1n) is 8.44. The molecule has 0 spiro atoms. The molecular weight excluding hydrogens is 381 g/mol. The van der Waals surface area contributed by atoms with Crippen LogP contribution in [-0.2, 0) is 6.54 Å². The summed E-state index contributed by atoms with van der Waals surface area (Å²) in [6.45, 7) is 4.15. The quantitative estimate of drug-likeness (QED) is 0.376. The van der Waals surface area contributed by atoms with Crippen LogP contribution in [0.3, 0.4) is 0 Å². The molecule has 0 saturated carbocycles.